The maximum absolute atomic E-state index is 14.3. The van der Waals surface area contributed by atoms with Gasteiger partial charge in [-0.3, -0.25) is 19.4 Å². The van der Waals surface area contributed by atoms with E-state index in [-0.39, 0.29) is 46.1 Å². The molecule has 44 heavy (non-hydrogen) atoms. The minimum absolute atomic E-state index is 0.0698. The van der Waals surface area contributed by atoms with E-state index in [9.17, 15) is 18.3 Å². The number of rotatable bonds is 9. The van der Waals surface area contributed by atoms with E-state index in [0.717, 1.165) is 42.7 Å². The first-order chi connectivity index (χ1) is 21.1. The molecular weight excluding hydrogens is 601 g/mol. The Morgan fingerprint density at radius 1 is 1.18 bits per heavy atom. The molecule has 12 heteroatoms. The van der Waals surface area contributed by atoms with E-state index in [1.165, 1.54) is 12.1 Å². The summed E-state index contributed by atoms with van der Waals surface area (Å²) < 4.78 is 41.4. The number of hydrogen-bond donors (Lipinski definition) is 2. The standard InChI is InChI=1S/C32H44N4O6S2/c1-23-19-36(24(2)22-37)32(38)28-18-27(34-44(39,40)31-9-7-17-43-31)10-11-29(28)42-25(3)8-5-6-16-41-30(23)21-35(4)20-26-12-14-33-15-13-26/h7,9-15,17-18,23-25,30,34,37H,5-6,8,16,19-22H2,1-4H3/t23-,24-,25-,30-/m1/s1. The molecule has 3 aromatic rings. The van der Waals surface area contributed by atoms with Gasteiger partial charge in [-0.1, -0.05) is 13.0 Å². The number of thiophene rings is 1. The van der Waals surface area contributed by atoms with Crippen LogP contribution in [0, 0.1) is 5.92 Å². The predicted molar refractivity (Wildman–Crippen MR) is 173 cm³/mol. The molecule has 0 unspecified atom stereocenters. The van der Waals surface area contributed by atoms with Crippen molar-refractivity contribution >= 4 is 33.0 Å². The van der Waals surface area contributed by atoms with E-state index in [1.807, 2.05) is 19.1 Å². The zero-order valence-electron chi connectivity index (χ0n) is 25.9. The first kappa shape index (κ1) is 33.9. The number of carbonyl (C=O) groups is 1. The number of aliphatic hydroxyl groups is 1. The highest BCUT2D eigenvalue weighted by Crippen LogP contribution is 2.30. The van der Waals surface area contributed by atoms with Gasteiger partial charge in [-0.25, -0.2) is 8.42 Å². The van der Waals surface area contributed by atoms with Crippen molar-refractivity contribution in [3.05, 3.63) is 71.4 Å². The van der Waals surface area contributed by atoms with Crippen molar-refractivity contribution in [1.82, 2.24) is 14.8 Å². The van der Waals surface area contributed by atoms with Gasteiger partial charge in [-0.15, -0.1) is 11.3 Å². The summed E-state index contributed by atoms with van der Waals surface area (Å²) >= 11 is 1.11. The molecule has 4 rings (SSSR count). The van der Waals surface area contributed by atoms with Crippen LogP contribution in [0.15, 0.2) is 64.4 Å². The zero-order valence-corrected chi connectivity index (χ0v) is 27.5. The lowest BCUT2D eigenvalue weighted by atomic mass is 10.0. The van der Waals surface area contributed by atoms with Crippen molar-refractivity contribution in [1.29, 1.82) is 0 Å². The number of amides is 1. The Morgan fingerprint density at radius 3 is 2.66 bits per heavy atom. The number of likely N-dealkylation sites (N-methyl/N-ethyl adjacent to an activating group) is 1. The van der Waals surface area contributed by atoms with Gasteiger partial charge in [0, 0.05) is 50.2 Å². The smallest absolute Gasteiger partial charge is 0.271 e. The van der Waals surface area contributed by atoms with Crippen LogP contribution in [0.2, 0.25) is 0 Å². The highest BCUT2D eigenvalue weighted by Gasteiger charge is 2.30. The molecule has 0 spiro atoms. The topological polar surface area (TPSA) is 121 Å². The third-order valence-corrected chi connectivity index (χ3v) is 10.5. The fourth-order valence-electron chi connectivity index (χ4n) is 5.24. The number of fused-ring (bicyclic) bond motifs is 1. The zero-order chi connectivity index (χ0) is 31.7. The van der Waals surface area contributed by atoms with Crippen LogP contribution in [0.25, 0.3) is 0 Å². The second kappa shape index (κ2) is 15.8. The van der Waals surface area contributed by atoms with Gasteiger partial charge in [0.1, 0.15) is 9.96 Å². The van der Waals surface area contributed by atoms with Crippen molar-refractivity contribution in [2.75, 3.05) is 38.1 Å². The highest BCUT2D eigenvalue weighted by atomic mass is 32.2. The first-order valence-electron chi connectivity index (χ1n) is 15.0. The van der Waals surface area contributed by atoms with Crippen LogP contribution in [0.4, 0.5) is 5.69 Å². The molecule has 4 atom stereocenters. The summed E-state index contributed by atoms with van der Waals surface area (Å²) in [6, 6.07) is 11.5. The molecule has 0 saturated carbocycles. The molecule has 1 aromatic carbocycles. The number of aromatic nitrogens is 1. The quantitative estimate of drug-likeness (QED) is 0.339. The lowest BCUT2D eigenvalue weighted by Crippen LogP contribution is -2.47. The molecule has 240 valence electrons. The minimum Gasteiger partial charge on any atom is -0.490 e. The van der Waals surface area contributed by atoms with Gasteiger partial charge in [-0.05, 0) is 87.5 Å². The van der Waals surface area contributed by atoms with Gasteiger partial charge in [0.15, 0.2) is 0 Å². The predicted octanol–water partition coefficient (Wildman–Crippen LogP) is 4.87. The molecule has 0 aliphatic carbocycles. The summed E-state index contributed by atoms with van der Waals surface area (Å²) in [5.41, 5.74) is 1.64. The molecule has 1 aliphatic heterocycles. The summed E-state index contributed by atoms with van der Waals surface area (Å²) in [5, 5.41) is 11.9. The van der Waals surface area contributed by atoms with Crippen LogP contribution in [-0.2, 0) is 21.3 Å². The Hall–Kier alpha value is -3.03. The Bertz CT molecular complexity index is 1440. The van der Waals surface area contributed by atoms with Crippen molar-refractivity contribution in [2.45, 2.75) is 69.0 Å². The van der Waals surface area contributed by atoms with E-state index in [4.69, 9.17) is 9.47 Å². The summed E-state index contributed by atoms with van der Waals surface area (Å²) in [7, 11) is -1.77. The number of aliphatic hydroxyl groups excluding tert-OH is 1. The third kappa shape index (κ3) is 9.24. The Morgan fingerprint density at radius 2 is 1.95 bits per heavy atom. The van der Waals surface area contributed by atoms with Gasteiger partial charge in [0.2, 0.25) is 0 Å². The molecule has 0 radical (unpaired) electrons. The maximum Gasteiger partial charge on any atom is 0.271 e. The van der Waals surface area contributed by atoms with Crippen molar-refractivity contribution < 1.29 is 27.8 Å². The SMILES string of the molecule is C[C@@H]1CCCCO[C@H](CN(C)Cc2ccncc2)[C@H](C)CN([C@H](C)CO)C(=O)c2cc(NS(=O)(=O)c3cccs3)ccc2O1. The van der Waals surface area contributed by atoms with Gasteiger partial charge in [0.25, 0.3) is 15.9 Å². The molecule has 2 aromatic heterocycles. The largest absolute Gasteiger partial charge is 0.490 e. The Kier molecular flexibility index (Phi) is 12.2. The van der Waals surface area contributed by atoms with E-state index < -0.39 is 16.1 Å². The third-order valence-electron chi connectivity index (χ3n) is 7.76. The summed E-state index contributed by atoms with van der Waals surface area (Å²) in [5.74, 6) is -0.0374. The van der Waals surface area contributed by atoms with Crippen LogP contribution in [0.5, 0.6) is 5.75 Å². The van der Waals surface area contributed by atoms with E-state index in [1.54, 1.807) is 47.8 Å². The summed E-state index contributed by atoms with van der Waals surface area (Å²) in [6.07, 6.45) is 5.76. The molecule has 1 amide bonds. The fraction of sp³-hybridized carbons (Fsp3) is 0.500. The first-order valence-corrected chi connectivity index (χ1v) is 17.4. The Balaban J connectivity index is 1.63. The van der Waals surface area contributed by atoms with Crippen LogP contribution in [0.3, 0.4) is 0 Å². The molecule has 1 aliphatic rings. The molecular formula is C32H44N4O6S2. The number of ether oxygens (including phenoxy) is 2. The van der Waals surface area contributed by atoms with Crippen LogP contribution < -0.4 is 9.46 Å². The van der Waals surface area contributed by atoms with E-state index in [0.29, 0.717) is 25.4 Å². The lowest BCUT2D eigenvalue weighted by Gasteiger charge is -2.36. The number of anilines is 1. The number of sulfonamides is 1. The molecule has 3 heterocycles. The van der Waals surface area contributed by atoms with E-state index >= 15 is 0 Å². The second-order valence-electron chi connectivity index (χ2n) is 11.6. The number of nitrogens with one attached hydrogen (secondary N) is 1. The number of carbonyl (C=O) groups excluding carboxylic acids is 1. The molecule has 10 nitrogen and oxygen atoms in total. The maximum atomic E-state index is 14.3. The number of hydrogen-bond acceptors (Lipinski definition) is 9. The lowest BCUT2D eigenvalue weighted by molar-refractivity contribution is -0.0177. The second-order valence-corrected chi connectivity index (χ2v) is 14.5. The summed E-state index contributed by atoms with van der Waals surface area (Å²) in [4.78, 5) is 22.2. The van der Waals surface area contributed by atoms with Crippen molar-refractivity contribution in [3.63, 3.8) is 0 Å². The molecule has 2 N–H and O–H groups in total. The highest BCUT2D eigenvalue weighted by molar-refractivity contribution is 7.94. The van der Waals surface area contributed by atoms with E-state index in [2.05, 4.69) is 28.6 Å². The van der Waals surface area contributed by atoms with Crippen LogP contribution in [-0.4, -0.2) is 85.8 Å². The van der Waals surface area contributed by atoms with Gasteiger partial charge in [-0.2, -0.15) is 0 Å². The van der Waals surface area contributed by atoms with Crippen molar-refractivity contribution in [3.8, 4) is 5.75 Å². The molecule has 0 bridgehead atoms. The average Bonchev–Trinajstić information content (AvgIpc) is 3.55. The monoisotopic (exact) mass is 644 g/mol. The average molecular weight is 645 g/mol. The normalized spacial score (nSPS) is 21.3. The molecule has 0 fully saturated rings. The van der Waals surface area contributed by atoms with Gasteiger partial charge in [0.05, 0.1) is 30.4 Å². The fourth-order valence-corrected chi connectivity index (χ4v) is 7.28. The van der Waals surface area contributed by atoms with Gasteiger partial charge < -0.3 is 19.5 Å². The van der Waals surface area contributed by atoms with Crippen LogP contribution in [0.1, 0.15) is 56.0 Å². The minimum atomic E-state index is -3.82. The Labute approximate surface area is 265 Å². The molecule has 0 saturated heterocycles. The number of benzene rings is 1. The number of nitrogens with zero attached hydrogens (tertiary/aromatic N) is 3. The van der Waals surface area contributed by atoms with Crippen molar-refractivity contribution in [2.24, 2.45) is 5.92 Å². The summed E-state index contributed by atoms with van der Waals surface area (Å²) in [6.45, 7) is 7.90. The van der Waals surface area contributed by atoms with Gasteiger partial charge >= 0.3 is 0 Å². The number of pyridine rings is 1. The van der Waals surface area contributed by atoms with Crippen LogP contribution >= 0.6 is 11.3 Å².